The van der Waals surface area contributed by atoms with E-state index in [1.54, 1.807) is 18.2 Å². The summed E-state index contributed by atoms with van der Waals surface area (Å²) in [6, 6.07) is 7.04. The first-order valence-corrected chi connectivity index (χ1v) is 7.41. The number of benzene rings is 1. The molecule has 1 aromatic carbocycles. The molecule has 2 rings (SSSR count). The van der Waals surface area contributed by atoms with Crippen molar-refractivity contribution in [2.24, 2.45) is 11.7 Å². The fourth-order valence-electron chi connectivity index (χ4n) is 1.88. The van der Waals surface area contributed by atoms with Crippen molar-refractivity contribution >= 4 is 40.2 Å². The van der Waals surface area contributed by atoms with E-state index in [0.29, 0.717) is 18.0 Å². The number of hydrogen-bond acceptors (Lipinski definition) is 3. The molecule has 0 aromatic heterocycles. The lowest BCUT2D eigenvalue weighted by Gasteiger charge is -2.12. The Kier molecular flexibility index (Phi) is 7.14. The second-order valence-electron chi connectivity index (χ2n) is 5.00. The maximum absolute atomic E-state index is 11.8. The van der Waals surface area contributed by atoms with Crippen LogP contribution in [0.15, 0.2) is 28.7 Å². The van der Waals surface area contributed by atoms with Crippen LogP contribution in [-0.4, -0.2) is 30.9 Å². The minimum absolute atomic E-state index is 0. The van der Waals surface area contributed by atoms with Crippen LogP contribution in [0.25, 0.3) is 0 Å². The van der Waals surface area contributed by atoms with Crippen molar-refractivity contribution in [1.29, 1.82) is 0 Å². The molecule has 0 saturated heterocycles. The van der Waals surface area contributed by atoms with Gasteiger partial charge in [0.05, 0.1) is 6.54 Å². The maximum Gasteiger partial charge on any atom is 0.251 e. The van der Waals surface area contributed by atoms with E-state index in [-0.39, 0.29) is 36.8 Å². The molecule has 0 bridgehead atoms. The molecule has 0 aliphatic heterocycles. The van der Waals surface area contributed by atoms with Crippen LogP contribution in [0.1, 0.15) is 23.2 Å². The Morgan fingerprint density at radius 3 is 2.67 bits per heavy atom. The predicted octanol–water partition coefficient (Wildman–Crippen LogP) is 1.45. The van der Waals surface area contributed by atoms with Crippen LogP contribution in [0.2, 0.25) is 0 Å². The molecule has 1 aliphatic carbocycles. The van der Waals surface area contributed by atoms with E-state index < -0.39 is 0 Å². The average Bonchev–Trinajstić information content (AvgIpc) is 3.26. The summed E-state index contributed by atoms with van der Waals surface area (Å²) >= 11 is 3.30. The fraction of sp³-hybridized carbons (Fsp3) is 0.429. The van der Waals surface area contributed by atoms with E-state index in [0.717, 1.165) is 17.3 Å². The molecule has 1 fully saturated rings. The van der Waals surface area contributed by atoms with Crippen molar-refractivity contribution in [3.05, 3.63) is 34.3 Å². The van der Waals surface area contributed by atoms with Gasteiger partial charge in [-0.1, -0.05) is 22.0 Å². The largest absolute Gasteiger partial charge is 0.353 e. The monoisotopic (exact) mass is 375 g/mol. The van der Waals surface area contributed by atoms with Crippen LogP contribution in [0.5, 0.6) is 0 Å². The quantitative estimate of drug-likeness (QED) is 0.702. The van der Waals surface area contributed by atoms with Crippen LogP contribution in [-0.2, 0) is 4.79 Å². The van der Waals surface area contributed by atoms with Gasteiger partial charge in [-0.25, -0.2) is 0 Å². The zero-order chi connectivity index (χ0) is 14.5. The van der Waals surface area contributed by atoms with Gasteiger partial charge in [0.25, 0.3) is 5.91 Å². The van der Waals surface area contributed by atoms with Gasteiger partial charge in [-0.05, 0) is 37.0 Å². The summed E-state index contributed by atoms with van der Waals surface area (Å²) in [5.41, 5.74) is 6.40. The van der Waals surface area contributed by atoms with Gasteiger partial charge < -0.3 is 16.4 Å². The molecule has 1 unspecified atom stereocenters. The fourth-order valence-corrected chi connectivity index (χ4v) is 2.28. The lowest BCUT2D eigenvalue weighted by atomic mass is 10.2. The van der Waals surface area contributed by atoms with Gasteiger partial charge in [0.2, 0.25) is 5.91 Å². The first-order valence-electron chi connectivity index (χ1n) is 6.62. The Balaban J connectivity index is 0.00000220. The van der Waals surface area contributed by atoms with Crippen LogP contribution in [0.4, 0.5) is 0 Å². The van der Waals surface area contributed by atoms with Crippen molar-refractivity contribution in [2.75, 3.05) is 13.1 Å². The molecule has 0 radical (unpaired) electrons. The molecule has 21 heavy (non-hydrogen) atoms. The van der Waals surface area contributed by atoms with Crippen LogP contribution in [0, 0.1) is 5.92 Å². The molecule has 116 valence electrons. The molecule has 5 nitrogen and oxygen atoms in total. The van der Waals surface area contributed by atoms with Gasteiger partial charge in [-0.3, -0.25) is 9.59 Å². The molecule has 1 aromatic rings. The molecule has 2 amide bonds. The highest BCUT2D eigenvalue weighted by Gasteiger charge is 2.28. The zero-order valence-electron chi connectivity index (χ0n) is 11.5. The summed E-state index contributed by atoms with van der Waals surface area (Å²) in [5, 5.41) is 5.32. The third-order valence-electron chi connectivity index (χ3n) is 3.26. The average molecular weight is 377 g/mol. The third-order valence-corrected chi connectivity index (χ3v) is 3.75. The molecular weight excluding hydrogens is 358 g/mol. The molecular formula is C14H19BrClN3O2. The van der Waals surface area contributed by atoms with E-state index in [4.69, 9.17) is 5.73 Å². The van der Waals surface area contributed by atoms with E-state index in [9.17, 15) is 9.59 Å². The normalized spacial score (nSPS) is 14.8. The lowest BCUT2D eigenvalue weighted by Crippen LogP contribution is -2.43. The number of nitrogens with two attached hydrogens (primary N) is 1. The standard InChI is InChI=1S/C14H18BrN3O2.ClH/c15-11-3-1-2-10(6-11)14(20)18-8-13(19)17-7-12(16)9-4-5-9;/h1-3,6,9,12H,4-5,7-8,16H2,(H,17,19)(H,18,20);1H. The number of hydrogen-bond donors (Lipinski definition) is 3. The number of amides is 2. The Labute approximate surface area is 138 Å². The maximum atomic E-state index is 11.8. The summed E-state index contributed by atoms with van der Waals surface area (Å²) in [5.74, 6) is 0.0592. The smallest absolute Gasteiger partial charge is 0.251 e. The van der Waals surface area contributed by atoms with Crippen molar-refractivity contribution in [3.63, 3.8) is 0 Å². The second-order valence-corrected chi connectivity index (χ2v) is 5.91. The summed E-state index contributed by atoms with van der Waals surface area (Å²) in [7, 11) is 0. The van der Waals surface area contributed by atoms with Crippen LogP contribution >= 0.6 is 28.3 Å². The van der Waals surface area contributed by atoms with E-state index >= 15 is 0 Å². The highest BCUT2D eigenvalue weighted by atomic mass is 79.9. The van der Waals surface area contributed by atoms with Gasteiger partial charge >= 0.3 is 0 Å². The lowest BCUT2D eigenvalue weighted by molar-refractivity contribution is -0.120. The zero-order valence-corrected chi connectivity index (χ0v) is 13.9. The van der Waals surface area contributed by atoms with Gasteiger partial charge in [0, 0.05) is 22.6 Å². The van der Waals surface area contributed by atoms with Gasteiger partial charge in [0.1, 0.15) is 0 Å². The first-order chi connectivity index (χ1) is 9.56. The van der Waals surface area contributed by atoms with Crippen molar-refractivity contribution < 1.29 is 9.59 Å². The minimum atomic E-state index is -0.270. The molecule has 0 spiro atoms. The topological polar surface area (TPSA) is 84.2 Å². The minimum Gasteiger partial charge on any atom is -0.353 e. The van der Waals surface area contributed by atoms with E-state index in [2.05, 4.69) is 26.6 Å². The van der Waals surface area contributed by atoms with Gasteiger partial charge in [-0.2, -0.15) is 0 Å². The van der Waals surface area contributed by atoms with E-state index in [1.807, 2.05) is 6.07 Å². The second kappa shape index (κ2) is 8.36. The number of carbonyl (C=O) groups is 2. The first kappa shape index (κ1) is 17.9. The van der Waals surface area contributed by atoms with Crippen molar-refractivity contribution in [2.45, 2.75) is 18.9 Å². The van der Waals surface area contributed by atoms with Gasteiger partial charge in [0.15, 0.2) is 0 Å². The SMILES string of the molecule is Cl.NC(CNC(=O)CNC(=O)c1cccc(Br)c1)C1CC1. The predicted molar refractivity (Wildman–Crippen MR) is 87.4 cm³/mol. The van der Waals surface area contributed by atoms with Crippen molar-refractivity contribution in [3.8, 4) is 0 Å². The molecule has 1 atom stereocenters. The number of rotatable bonds is 6. The summed E-state index contributed by atoms with van der Waals surface area (Å²) in [4.78, 5) is 23.4. The molecule has 1 saturated carbocycles. The molecule has 4 N–H and O–H groups in total. The van der Waals surface area contributed by atoms with Crippen molar-refractivity contribution in [1.82, 2.24) is 10.6 Å². The van der Waals surface area contributed by atoms with Gasteiger partial charge in [-0.15, -0.1) is 12.4 Å². The molecule has 0 heterocycles. The Bertz CT molecular complexity index is 509. The number of nitrogens with one attached hydrogen (secondary N) is 2. The number of halogens is 2. The molecule has 7 heteroatoms. The van der Waals surface area contributed by atoms with Crippen LogP contribution < -0.4 is 16.4 Å². The summed E-state index contributed by atoms with van der Waals surface area (Å²) < 4.78 is 0.824. The van der Waals surface area contributed by atoms with E-state index in [1.165, 1.54) is 0 Å². The Morgan fingerprint density at radius 2 is 2.05 bits per heavy atom. The third kappa shape index (κ3) is 6.03. The highest BCUT2D eigenvalue weighted by Crippen LogP contribution is 2.31. The summed E-state index contributed by atoms with van der Waals surface area (Å²) in [6.07, 6.45) is 2.30. The molecule has 1 aliphatic rings. The van der Waals surface area contributed by atoms with Crippen LogP contribution in [0.3, 0.4) is 0 Å². The Morgan fingerprint density at radius 1 is 1.33 bits per heavy atom. The summed E-state index contributed by atoms with van der Waals surface area (Å²) in [6.45, 7) is 0.430. The Hall–Kier alpha value is -1.11. The highest BCUT2D eigenvalue weighted by molar-refractivity contribution is 9.10. The number of carbonyl (C=O) groups excluding carboxylic acids is 2.